The third-order valence-electron chi connectivity index (χ3n) is 9.68. The maximum absolute atomic E-state index is 9.69. The molecule has 0 saturated heterocycles. The number of ether oxygens (including phenoxy) is 1. The van der Waals surface area contributed by atoms with Crippen molar-refractivity contribution in [1.82, 2.24) is 4.98 Å². The molecule has 2 heterocycles. The summed E-state index contributed by atoms with van der Waals surface area (Å²) in [5.74, 6) is 1.61. The van der Waals surface area contributed by atoms with E-state index in [1.807, 2.05) is 36.4 Å². The van der Waals surface area contributed by atoms with E-state index in [-0.39, 0.29) is 0 Å². The summed E-state index contributed by atoms with van der Waals surface area (Å²) >= 11 is 0. The van der Waals surface area contributed by atoms with Crippen LogP contribution in [0.2, 0.25) is 0 Å². The van der Waals surface area contributed by atoms with Crippen LogP contribution in [0.1, 0.15) is 5.56 Å². The second-order valence-electron chi connectivity index (χ2n) is 12.2. The van der Waals surface area contributed by atoms with Crippen LogP contribution in [-0.2, 0) is 0 Å². The number of nitrogens with zero attached hydrogens (tertiary/aromatic N) is 2. The average Bonchev–Trinajstić information content (AvgIpc) is 3.14. The first-order valence-electron chi connectivity index (χ1n) is 15.8. The first kappa shape index (κ1) is 25.8. The molecule has 0 aliphatic carbocycles. The molecule has 3 heteroatoms. The Hall–Kier alpha value is -6.50. The van der Waals surface area contributed by atoms with Crippen molar-refractivity contribution in [3.8, 4) is 62.3 Å². The molecule has 0 atom stereocenters. The topological polar surface area (TPSA) is 45.9 Å². The van der Waals surface area contributed by atoms with Gasteiger partial charge in [0.05, 0.1) is 23.0 Å². The molecule has 0 bridgehead atoms. The van der Waals surface area contributed by atoms with Crippen molar-refractivity contribution in [1.29, 1.82) is 5.26 Å². The summed E-state index contributed by atoms with van der Waals surface area (Å²) in [6.07, 6.45) is 0. The van der Waals surface area contributed by atoms with Gasteiger partial charge in [-0.25, -0.2) is 4.98 Å². The monoisotopic (exact) mass is 596 g/mol. The summed E-state index contributed by atoms with van der Waals surface area (Å²) in [5.41, 5.74) is 9.22. The molecule has 9 aromatic rings. The number of nitriles is 1. The average molecular weight is 597 g/mol. The van der Waals surface area contributed by atoms with Crippen LogP contribution in [0.3, 0.4) is 0 Å². The van der Waals surface area contributed by atoms with Crippen molar-refractivity contribution in [3.63, 3.8) is 0 Å². The number of fused-ring (bicyclic) bond motifs is 2. The van der Waals surface area contributed by atoms with E-state index in [0.29, 0.717) is 5.56 Å². The molecule has 0 spiro atoms. The molecule has 1 aliphatic heterocycles. The van der Waals surface area contributed by atoms with E-state index in [2.05, 4.69) is 115 Å². The molecule has 0 unspecified atom stereocenters. The Bertz CT molecular complexity index is 2770. The highest BCUT2D eigenvalue weighted by Crippen LogP contribution is 2.49. The molecule has 1 aliphatic rings. The predicted octanol–water partition coefficient (Wildman–Crippen LogP) is 11.8. The molecule has 216 valence electrons. The predicted molar refractivity (Wildman–Crippen MR) is 192 cm³/mol. The molecule has 1 aromatic heterocycles. The molecule has 0 radical (unpaired) electrons. The van der Waals surface area contributed by atoms with E-state index in [1.165, 1.54) is 32.3 Å². The number of hydrogen-bond donors (Lipinski definition) is 0. The van der Waals surface area contributed by atoms with Gasteiger partial charge in [-0.3, -0.25) is 0 Å². The van der Waals surface area contributed by atoms with Crippen LogP contribution < -0.4 is 4.74 Å². The van der Waals surface area contributed by atoms with Gasteiger partial charge in [-0.05, 0) is 85.4 Å². The van der Waals surface area contributed by atoms with Crippen molar-refractivity contribution in [2.45, 2.75) is 0 Å². The van der Waals surface area contributed by atoms with Gasteiger partial charge in [-0.1, -0.05) is 109 Å². The largest absolute Gasteiger partial charge is 0.456 e. The van der Waals surface area contributed by atoms with Gasteiger partial charge < -0.3 is 4.74 Å². The lowest BCUT2D eigenvalue weighted by molar-refractivity contribution is 0.487. The smallest absolute Gasteiger partial charge is 0.135 e. The first-order chi connectivity index (χ1) is 23.2. The summed E-state index contributed by atoms with van der Waals surface area (Å²) in [4.78, 5) is 5.11. The molecule has 0 amide bonds. The van der Waals surface area contributed by atoms with Crippen LogP contribution >= 0.6 is 0 Å². The highest BCUT2D eigenvalue weighted by molar-refractivity contribution is 6.27. The zero-order chi connectivity index (χ0) is 31.1. The fourth-order valence-electron chi connectivity index (χ4n) is 7.53. The Morgan fingerprint density at radius 2 is 1.13 bits per heavy atom. The van der Waals surface area contributed by atoms with Crippen LogP contribution in [0, 0.1) is 11.3 Å². The lowest BCUT2D eigenvalue weighted by Gasteiger charge is -2.23. The SMILES string of the molecule is N#Cc1ccc2c3c(cccc13)Oc1cc(-c3ccc4ccc5c(-c6cccc(-c7ccccc7)n6)ccc6ccc3c4c65)ccc1-2. The Labute approximate surface area is 270 Å². The fraction of sp³-hybridized carbons (Fsp3) is 0. The maximum Gasteiger partial charge on any atom is 0.135 e. The van der Waals surface area contributed by atoms with Crippen LogP contribution in [0.5, 0.6) is 11.5 Å². The molecule has 0 fully saturated rings. The van der Waals surface area contributed by atoms with Gasteiger partial charge in [-0.2, -0.15) is 5.26 Å². The quantitative estimate of drug-likeness (QED) is 0.191. The summed E-state index contributed by atoms with van der Waals surface area (Å²) in [5, 5.41) is 19.0. The van der Waals surface area contributed by atoms with Crippen molar-refractivity contribution in [2.75, 3.05) is 0 Å². The minimum atomic E-state index is 0.658. The standard InChI is InChI=1S/C44H24N2O/c45-25-30-17-23-37-34-20-16-29(24-41(34)47-40-11-4-8-32(30)44(37)40)31-18-12-27-15-22-36-33(19-13-28-14-21-35(31)42(27)43(28)36)39-10-5-9-38(46-39)26-6-2-1-3-7-26/h1-24H. The third kappa shape index (κ3) is 3.76. The normalized spacial score (nSPS) is 12.0. The van der Waals surface area contributed by atoms with Crippen LogP contribution in [0.4, 0.5) is 0 Å². The Morgan fingerprint density at radius 1 is 0.447 bits per heavy atom. The Morgan fingerprint density at radius 3 is 1.94 bits per heavy atom. The minimum Gasteiger partial charge on any atom is -0.456 e. The molecule has 8 aromatic carbocycles. The third-order valence-corrected chi connectivity index (χ3v) is 9.68. The van der Waals surface area contributed by atoms with Gasteiger partial charge in [0, 0.05) is 27.5 Å². The maximum atomic E-state index is 9.69. The number of benzene rings is 8. The molecule has 47 heavy (non-hydrogen) atoms. The van der Waals surface area contributed by atoms with Gasteiger partial charge in [0.15, 0.2) is 0 Å². The molecule has 0 saturated carbocycles. The Balaban J connectivity index is 1.15. The van der Waals surface area contributed by atoms with Gasteiger partial charge in [0.1, 0.15) is 11.5 Å². The van der Waals surface area contributed by atoms with Crippen LogP contribution in [0.15, 0.2) is 146 Å². The number of aromatic nitrogens is 1. The number of hydrogen-bond acceptors (Lipinski definition) is 3. The summed E-state index contributed by atoms with van der Waals surface area (Å²) in [6.45, 7) is 0. The molecule has 3 nitrogen and oxygen atoms in total. The second kappa shape index (κ2) is 9.75. The van der Waals surface area contributed by atoms with E-state index in [0.717, 1.165) is 67.0 Å². The van der Waals surface area contributed by atoms with Crippen LogP contribution in [-0.4, -0.2) is 4.98 Å². The first-order valence-corrected chi connectivity index (χ1v) is 15.8. The van der Waals surface area contributed by atoms with Crippen molar-refractivity contribution >= 4 is 43.1 Å². The van der Waals surface area contributed by atoms with E-state index >= 15 is 0 Å². The number of pyridine rings is 1. The summed E-state index contributed by atoms with van der Waals surface area (Å²) < 4.78 is 6.53. The Kier molecular flexibility index (Phi) is 5.35. The lowest BCUT2D eigenvalue weighted by Crippen LogP contribution is -1.98. The molecule has 10 rings (SSSR count). The van der Waals surface area contributed by atoms with E-state index in [9.17, 15) is 5.26 Å². The van der Waals surface area contributed by atoms with Gasteiger partial charge >= 0.3 is 0 Å². The van der Waals surface area contributed by atoms with E-state index < -0.39 is 0 Å². The van der Waals surface area contributed by atoms with E-state index in [1.54, 1.807) is 0 Å². The second-order valence-corrected chi connectivity index (χ2v) is 12.2. The van der Waals surface area contributed by atoms with Gasteiger partial charge in [0.2, 0.25) is 0 Å². The summed E-state index contributed by atoms with van der Waals surface area (Å²) in [6, 6.07) is 53.2. The molecule has 0 N–H and O–H groups in total. The lowest BCUT2D eigenvalue weighted by atomic mass is 9.87. The number of rotatable bonds is 3. The fourth-order valence-corrected chi connectivity index (χ4v) is 7.53. The highest BCUT2D eigenvalue weighted by Gasteiger charge is 2.23. The van der Waals surface area contributed by atoms with Crippen molar-refractivity contribution in [3.05, 3.63) is 151 Å². The molecular formula is C44H24N2O. The zero-order valence-electron chi connectivity index (χ0n) is 25.2. The molecular weight excluding hydrogens is 572 g/mol. The zero-order valence-corrected chi connectivity index (χ0v) is 25.2. The van der Waals surface area contributed by atoms with E-state index in [4.69, 9.17) is 9.72 Å². The van der Waals surface area contributed by atoms with Gasteiger partial charge in [-0.15, -0.1) is 0 Å². The van der Waals surface area contributed by atoms with Crippen molar-refractivity contribution < 1.29 is 4.74 Å². The van der Waals surface area contributed by atoms with Crippen molar-refractivity contribution in [2.24, 2.45) is 0 Å². The minimum absolute atomic E-state index is 0.658. The highest BCUT2D eigenvalue weighted by atomic mass is 16.5. The summed E-state index contributed by atoms with van der Waals surface area (Å²) in [7, 11) is 0. The van der Waals surface area contributed by atoms with Gasteiger partial charge in [0.25, 0.3) is 0 Å². The van der Waals surface area contributed by atoms with Crippen LogP contribution in [0.25, 0.3) is 87.9 Å².